The Kier molecular flexibility index (Phi) is 7.69. The predicted octanol–water partition coefficient (Wildman–Crippen LogP) is 7.02. The number of nitrogens with zero attached hydrogens (tertiary/aromatic N) is 1. The molecule has 3 rings (SSSR count). The third kappa shape index (κ3) is 6.08. The molecule has 0 aliphatic rings. The van der Waals surface area contributed by atoms with Gasteiger partial charge in [0.1, 0.15) is 29.8 Å². The fourth-order valence-electron chi connectivity index (χ4n) is 2.58. The average Bonchev–Trinajstić information content (AvgIpc) is 2.75. The van der Waals surface area contributed by atoms with E-state index in [0.29, 0.717) is 32.1 Å². The van der Waals surface area contributed by atoms with E-state index in [1.165, 1.54) is 18.2 Å². The third-order valence-corrected chi connectivity index (χ3v) is 5.51. The highest BCUT2D eigenvalue weighted by atomic mass is 79.9. The van der Waals surface area contributed by atoms with Crippen molar-refractivity contribution >= 4 is 56.8 Å². The molecule has 3 aromatic rings. The van der Waals surface area contributed by atoms with Gasteiger partial charge in [-0.05, 0) is 64.0 Å². The van der Waals surface area contributed by atoms with Crippen LogP contribution in [-0.4, -0.2) is 5.91 Å². The van der Waals surface area contributed by atoms with Gasteiger partial charge in [-0.2, -0.15) is 5.26 Å². The van der Waals surface area contributed by atoms with Crippen LogP contribution in [0.5, 0.6) is 5.75 Å². The van der Waals surface area contributed by atoms with Gasteiger partial charge in [-0.3, -0.25) is 4.79 Å². The molecule has 3 aromatic carbocycles. The van der Waals surface area contributed by atoms with Crippen LogP contribution in [0.2, 0.25) is 10.0 Å². The molecule has 1 N–H and O–H groups in total. The lowest BCUT2D eigenvalue weighted by atomic mass is 10.1. The summed E-state index contributed by atoms with van der Waals surface area (Å²) in [6, 6.07) is 17.9. The molecule has 0 aromatic heterocycles. The zero-order chi connectivity index (χ0) is 22.4. The maximum Gasteiger partial charge on any atom is 0.266 e. The molecule has 8 heteroatoms. The zero-order valence-electron chi connectivity index (χ0n) is 15.8. The number of benzene rings is 3. The second-order valence-electron chi connectivity index (χ2n) is 6.32. The predicted molar refractivity (Wildman–Crippen MR) is 124 cm³/mol. The number of hydrogen-bond donors (Lipinski definition) is 1. The summed E-state index contributed by atoms with van der Waals surface area (Å²) in [5.41, 5.74) is 1.35. The molecule has 0 heterocycles. The fourth-order valence-corrected chi connectivity index (χ4v) is 3.39. The number of carbonyl (C=O) groups is 1. The highest BCUT2D eigenvalue weighted by Gasteiger charge is 2.12. The largest absolute Gasteiger partial charge is 0.488 e. The Hall–Kier alpha value is -2.85. The van der Waals surface area contributed by atoms with Gasteiger partial charge in [0, 0.05) is 11.3 Å². The minimum absolute atomic E-state index is 0.0654. The van der Waals surface area contributed by atoms with Gasteiger partial charge in [0.2, 0.25) is 0 Å². The Balaban J connectivity index is 1.72. The van der Waals surface area contributed by atoms with Gasteiger partial charge in [0.25, 0.3) is 5.91 Å². The van der Waals surface area contributed by atoms with Crippen molar-refractivity contribution in [1.29, 1.82) is 5.26 Å². The molecule has 0 saturated carbocycles. The summed E-state index contributed by atoms with van der Waals surface area (Å²) in [6.45, 7) is 0.0654. The Morgan fingerprint density at radius 2 is 1.90 bits per heavy atom. The van der Waals surface area contributed by atoms with Crippen LogP contribution < -0.4 is 10.1 Å². The highest BCUT2D eigenvalue weighted by molar-refractivity contribution is 9.10. The number of amides is 1. The number of ether oxygens (including phenoxy) is 1. The molecule has 0 spiro atoms. The van der Waals surface area contributed by atoms with Crippen molar-refractivity contribution in [1.82, 2.24) is 0 Å². The maximum absolute atomic E-state index is 13.7. The first-order valence-corrected chi connectivity index (χ1v) is 10.5. The van der Waals surface area contributed by atoms with Gasteiger partial charge >= 0.3 is 0 Å². The van der Waals surface area contributed by atoms with Gasteiger partial charge in [-0.15, -0.1) is 0 Å². The first kappa shape index (κ1) is 22.8. The summed E-state index contributed by atoms with van der Waals surface area (Å²) in [5.74, 6) is -0.430. The van der Waals surface area contributed by atoms with E-state index in [1.54, 1.807) is 48.5 Å². The van der Waals surface area contributed by atoms with Crippen molar-refractivity contribution < 1.29 is 13.9 Å². The lowest BCUT2D eigenvalue weighted by molar-refractivity contribution is -0.112. The van der Waals surface area contributed by atoms with Crippen LogP contribution in [0.25, 0.3) is 6.08 Å². The molecule has 0 atom stereocenters. The van der Waals surface area contributed by atoms with Gasteiger partial charge < -0.3 is 10.1 Å². The molecule has 0 unspecified atom stereocenters. The maximum atomic E-state index is 13.7. The Bertz CT molecular complexity index is 1210. The molecular weight excluding hydrogens is 506 g/mol. The third-order valence-electron chi connectivity index (χ3n) is 4.15. The van der Waals surface area contributed by atoms with Crippen molar-refractivity contribution in [2.24, 2.45) is 0 Å². The molecule has 0 fully saturated rings. The molecule has 0 aliphatic carbocycles. The second-order valence-corrected chi connectivity index (χ2v) is 7.99. The van der Waals surface area contributed by atoms with Crippen LogP contribution in [-0.2, 0) is 11.4 Å². The molecule has 0 bridgehead atoms. The van der Waals surface area contributed by atoms with Gasteiger partial charge in [-0.1, -0.05) is 47.5 Å². The first-order valence-electron chi connectivity index (χ1n) is 8.91. The molecule has 1 amide bonds. The summed E-state index contributed by atoms with van der Waals surface area (Å²) in [4.78, 5) is 12.4. The van der Waals surface area contributed by atoms with Crippen molar-refractivity contribution in [3.05, 3.63) is 97.7 Å². The van der Waals surface area contributed by atoms with E-state index in [-0.39, 0.29) is 23.0 Å². The number of halogens is 4. The Morgan fingerprint density at radius 1 is 1.13 bits per heavy atom. The zero-order valence-corrected chi connectivity index (χ0v) is 18.9. The molecule has 0 saturated heterocycles. The van der Waals surface area contributed by atoms with Crippen molar-refractivity contribution in [2.75, 3.05) is 5.32 Å². The lowest BCUT2D eigenvalue weighted by Gasteiger charge is -2.10. The van der Waals surface area contributed by atoms with E-state index < -0.39 is 5.91 Å². The minimum atomic E-state index is -0.586. The van der Waals surface area contributed by atoms with Gasteiger partial charge in [0.15, 0.2) is 0 Å². The second kappa shape index (κ2) is 10.5. The Morgan fingerprint density at radius 3 is 2.58 bits per heavy atom. The number of rotatable bonds is 6. The molecule has 31 heavy (non-hydrogen) atoms. The molecule has 4 nitrogen and oxygen atoms in total. The van der Waals surface area contributed by atoms with Crippen LogP contribution in [0.15, 0.2) is 70.7 Å². The van der Waals surface area contributed by atoms with E-state index in [2.05, 4.69) is 21.2 Å². The molecule has 0 radical (unpaired) electrons. The summed E-state index contributed by atoms with van der Waals surface area (Å²) in [6.07, 6.45) is 1.44. The van der Waals surface area contributed by atoms with E-state index in [0.717, 1.165) is 0 Å². The highest BCUT2D eigenvalue weighted by Crippen LogP contribution is 2.28. The van der Waals surface area contributed by atoms with Gasteiger partial charge in [-0.25, -0.2) is 4.39 Å². The first-order chi connectivity index (χ1) is 14.9. The number of hydrogen-bond acceptors (Lipinski definition) is 3. The SMILES string of the molecule is N#C/C(=C\c1ccc(OCc2ccccc2F)c(Br)c1)C(=O)Nc1ccc(Cl)c(Cl)c1. The molecular formula is C23H14BrCl2FN2O2. The average molecular weight is 520 g/mol. The standard InChI is InChI=1S/C23H14BrCl2FN2O2/c24-18-10-14(5-8-22(18)31-13-15-3-1-2-4-21(15)27)9-16(12-28)23(30)29-17-6-7-19(25)20(26)11-17/h1-11H,13H2,(H,29,30)/b16-9+. The van der Waals surface area contributed by atoms with Gasteiger partial charge in [0.05, 0.1) is 14.5 Å². The van der Waals surface area contributed by atoms with Crippen LogP contribution >= 0.6 is 39.1 Å². The smallest absolute Gasteiger partial charge is 0.266 e. The van der Waals surface area contributed by atoms with Crippen LogP contribution in [0.4, 0.5) is 10.1 Å². The van der Waals surface area contributed by atoms with Crippen LogP contribution in [0, 0.1) is 17.1 Å². The summed E-state index contributed by atoms with van der Waals surface area (Å²) in [5, 5.41) is 12.7. The van der Waals surface area contributed by atoms with E-state index >= 15 is 0 Å². The van der Waals surface area contributed by atoms with E-state index in [1.807, 2.05) is 6.07 Å². The monoisotopic (exact) mass is 518 g/mol. The van der Waals surface area contributed by atoms with Crippen molar-refractivity contribution in [2.45, 2.75) is 6.61 Å². The fraction of sp³-hybridized carbons (Fsp3) is 0.0435. The molecule has 156 valence electrons. The summed E-state index contributed by atoms with van der Waals surface area (Å²) < 4.78 is 20.0. The Labute approximate surface area is 197 Å². The number of carbonyl (C=O) groups excluding carboxylic acids is 1. The van der Waals surface area contributed by atoms with E-state index in [4.69, 9.17) is 27.9 Å². The topological polar surface area (TPSA) is 62.1 Å². The van der Waals surface area contributed by atoms with Crippen molar-refractivity contribution in [3.8, 4) is 11.8 Å². The number of nitrogens with one attached hydrogen (secondary N) is 1. The molecule has 0 aliphatic heterocycles. The van der Waals surface area contributed by atoms with Crippen LogP contribution in [0.3, 0.4) is 0 Å². The normalized spacial score (nSPS) is 11.0. The number of anilines is 1. The lowest BCUT2D eigenvalue weighted by Crippen LogP contribution is -2.13. The van der Waals surface area contributed by atoms with Crippen molar-refractivity contribution in [3.63, 3.8) is 0 Å². The van der Waals surface area contributed by atoms with E-state index in [9.17, 15) is 14.4 Å². The quantitative estimate of drug-likeness (QED) is 0.281. The summed E-state index contributed by atoms with van der Waals surface area (Å²) >= 11 is 15.2. The summed E-state index contributed by atoms with van der Waals surface area (Å²) in [7, 11) is 0. The van der Waals surface area contributed by atoms with Crippen LogP contribution in [0.1, 0.15) is 11.1 Å². The number of nitriles is 1. The minimum Gasteiger partial charge on any atom is -0.488 e.